The number of pyridine rings is 1. The molecule has 0 unspecified atom stereocenters. The number of rotatable bonds is 5. The summed E-state index contributed by atoms with van der Waals surface area (Å²) in [5.41, 5.74) is 5.59. The number of hydrogen-bond donors (Lipinski definition) is 2. The lowest BCUT2D eigenvalue weighted by Gasteiger charge is -2.19. The first-order valence-electron chi connectivity index (χ1n) is 10.4. The van der Waals surface area contributed by atoms with E-state index in [0.29, 0.717) is 29.8 Å². The number of carboxylic acid groups (broad SMARTS) is 1. The van der Waals surface area contributed by atoms with E-state index < -0.39 is 5.97 Å². The van der Waals surface area contributed by atoms with E-state index in [0.717, 1.165) is 38.9 Å². The molecule has 32 heavy (non-hydrogen) atoms. The highest BCUT2D eigenvalue weighted by Gasteiger charge is 2.18. The average Bonchev–Trinajstić information content (AvgIpc) is 2.81. The fourth-order valence-corrected chi connectivity index (χ4v) is 4.01. The maximum absolute atomic E-state index is 11.2. The molecule has 1 aliphatic carbocycles. The lowest BCUT2D eigenvalue weighted by Crippen LogP contribution is -2.11. The van der Waals surface area contributed by atoms with Crippen LogP contribution >= 0.6 is 0 Å². The van der Waals surface area contributed by atoms with Gasteiger partial charge in [-0.05, 0) is 62.4 Å². The van der Waals surface area contributed by atoms with Crippen molar-refractivity contribution >= 4 is 28.1 Å². The van der Waals surface area contributed by atoms with Gasteiger partial charge in [-0.3, -0.25) is 4.98 Å². The summed E-state index contributed by atoms with van der Waals surface area (Å²) in [5.74, 6) is -0.240. The molecular formula is C25H23N5O2. The molecule has 7 nitrogen and oxygen atoms in total. The van der Waals surface area contributed by atoms with E-state index in [1.54, 1.807) is 12.3 Å². The second-order valence-electron chi connectivity index (χ2n) is 7.94. The molecular weight excluding hydrogens is 402 g/mol. The zero-order valence-corrected chi connectivity index (χ0v) is 18.2. The Morgan fingerprint density at radius 2 is 2.00 bits per heavy atom. The summed E-state index contributed by atoms with van der Waals surface area (Å²) < 4.78 is 0. The lowest BCUT2D eigenvalue weighted by atomic mass is 9.95. The molecule has 0 spiro atoms. The van der Waals surface area contributed by atoms with E-state index >= 15 is 0 Å². The summed E-state index contributed by atoms with van der Waals surface area (Å²) in [6, 6.07) is 9.83. The number of aromatic nitrogens is 3. The number of aryl methyl sites for hydroxylation is 1. The first kappa shape index (κ1) is 21.2. The van der Waals surface area contributed by atoms with Gasteiger partial charge in [-0.2, -0.15) is 10.4 Å². The number of aliphatic carboxylic acids is 1. The Balaban J connectivity index is 1.73. The smallest absolute Gasteiger partial charge is 0.331 e. The fraction of sp³-hybridized carbons (Fsp3) is 0.240. The molecule has 1 aromatic carbocycles. The minimum atomic E-state index is -0.881. The molecule has 1 atom stereocenters. The van der Waals surface area contributed by atoms with Gasteiger partial charge in [0.2, 0.25) is 0 Å². The summed E-state index contributed by atoms with van der Waals surface area (Å²) in [6.07, 6.45) is 6.37. The van der Waals surface area contributed by atoms with E-state index in [2.05, 4.69) is 26.6 Å². The van der Waals surface area contributed by atoms with Gasteiger partial charge in [0.1, 0.15) is 0 Å². The largest absolute Gasteiger partial charge is 0.478 e. The Morgan fingerprint density at radius 1 is 1.19 bits per heavy atom. The van der Waals surface area contributed by atoms with Gasteiger partial charge in [0.25, 0.3) is 0 Å². The van der Waals surface area contributed by atoms with Crippen LogP contribution in [0.1, 0.15) is 53.9 Å². The van der Waals surface area contributed by atoms with Crippen molar-refractivity contribution in [3.63, 3.8) is 0 Å². The van der Waals surface area contributed by atoms with E-state index in [1.807, 2.05) is 51.1 Å². The SMILES string of the molecule is Cc1c(C#N)cccc1[C@@H](C)Nc1nnc(C)c2cnc(C3=CC=C(C(=O)O)CC3)cc12. The molecule has 0 aliphatic heterocycles. The fourth-order valence-electron chi connectivity index (χ4n) is 4.01. The Labute approximate surface area is 186 Å². The second kappa shape index (κ2) is 8.60. The van der Waals surface area contributed by atoms with Gasteiger partial charge >= 0.3 is 5.97 Å². The third-order valence-electron chi connectivity index (χ3n) is 5.92. The molecule has 2 aromatic heterocycles. The molecule has 0 bridgehead atoms. The standard InChI is InChI=1S/C25H23N5O2/c1-14-19(12-26)5-4-6-20(14)15(2)28-24-21-11-23(27-13-22(21)16(3)29-30-24)17-7-9-18(10-8-17)25(31)32/h4-7,9,11,13,15H,8,10H2,1-3H3,(H,28,30)(H,31,32)/t15-/m1/s1. The Kier molecular flexibility index (Phi) is 5.69. The maximum atomic E-state index is 11.2. The highest BCUT2D eigenvalue weighted by Crippen LogP contribution is 2.32. The summed E-state index contributed by atoms with van der Waals surface area (Å²) in [5, 5.41) is 32.5. The number of benzene rings is 1. The van der Waals surface area contributed by atoms with Crippen molar-refractivity contribution in [3.05, 3.63) is 76.3 Å². The van der Waals surface area contributed by atoms with Crippen molar-refractivity contribution in [1.29, 1.82) is 5.26 Å². The van der Waals surface area contributed by atoms with Crippen molar-refractivity contribution in [2.45, 2.75) is 39.7 Å². The van der Waals surface area contributed by atoms with E-state index in [-0.39, 0.29) is 6.04 Å². The third-order valence-corrected chi connectivity index (χ3v) is 5.92. The van der Waals surface area contributed by atoms with Crippen LogP contribution in [0.25, 0.3) is 16.3 Å². The first-order valence-corrected chi connectivity index (χ1v) is 10.4. The first-order chi connectivity index (χ1) is 15.4. The second-order valence-corrected chi connectivity index (χ2v) is 7.94. The minimum absolute atomic E-state index is 0.0879. The van der Waals surface area contributed by atoms with Crippen molar-refractivity contribution in [1.82, 2.24) is 15.2 Å². The third kappa shape index (κ3) is 3.95. The van der Waals surface area contributed by atoms with Gasteiger partial charge in [-0.15, -0.1) is 5.10 Å². The van der Waals surface area contributed by atoms with Gasteiger partial charge < -0.3 is 10.4 Å². The Hall–Kier alpha value is -4.05. The zero-order chi connectivity index (χ0) is 22.8. The quantitative estimate of drug-likeness (QED) is 0.599. The zero-order valence-electron chi connectivity index (χ0n) is 18.2. The number of carboxylic acids is 1. The van der Waals surface area contributed by atoms with Gasteiger partial charge in [-0.25, -0.2) is 4.79 Å². The van der Waals surface area contributed by atoms with Crippen molar-refractivity contribution in [3.8, 4) is 6.07 Å². The lowest BCUT2D eigenvalue weighted by molar-refractivity contribution is -0.132. The van der Waals surface area contributed by atoms with Crippen LogP contribution in [0, 0.1) is 25.2 Å². The van der Waals surface area contributed by atoms with Crippen molar-refractivity contribution in [2.24, 2.45) is 0 Å². The van der Waals surface area contributed by atoms with Gasteiger partial charge in [0.05, 0.1) is 29.1 Å². The number of nitriles is 1. The van der Waals surface area contributed by atoms with Crippen LogP contribution in [0.4, 0.5) is 5.82 Å². The van der Waals surface area contributed by atoms with Crippen molar-refractivity contribution < 1.29 is 9.90 Å². The molecule has 0 amide bonds. The Bertz CT molecular complexity index is 1330. The molecule has 0 fully saturated rings. The number of anilines is 1. The van der Waals surface area contributed by atoms with E-state index in [9.17, 15) is 15.2 Å². The van der Waals surface area contributed by atoms with Crippen LogP contribution in [-0.4, -0.2) is 26.3 Å². The molecule has 7 heteroatoms. The number of nitrogens with one attached hydrogen (secondary N) is 1. The number of fused-ring (bicyclic) bond motifs is 1. The normalized spacial score (nSPS) is 14.3. The highest BCUT2D eigenvalue weighted by molar-refractivity contribution is 5.95. The van der Waals surface area contributed by atoms with E-state index in [1.165, 1.54) is 0 Å². The van der Waals surface area contributed by atoms with Crippen LogP contribution < -0.4 is 5.32 Å². The molecule has 3 aromatic rings. The van der Waals surface area contributed by atoms with Crippen LogP contribution in [0.5, 0.6) is 0 Å². The molecule has 0 saturated carbocycles. The Morgan fingerprint density at radius 3 is 2.69 bits per heavy atom. The van der Waals surface area contributed by atoms with Crippen molar-refractivity contribution in [2.75, 3.05) is 5.32 Å². The van der Waals surface area contributed by atoms with Crippen LogP contribution in [0.3, 0.4) is 0 Å². The highest BCUT2D eigenvalue weighted by atomic mass is 16.4. The maximum Gasteiger partial charge on any atom is 0.331 e. The summed E-state index contributed by atoms with van der Waals surface area (Å²) >= 11 is 0. The van der Waals surface area contributed by atoms with Crippen LogP contribution in [0.2, 0.25) is 0 Å². The molecule has 0 radical (unpaired) electrons. The van der Waals surface area contributed by atoms with E-state index in [4.69, 9.17) is 0 Å². The topological polar surface area (TPSA) is 112 Å². The monoisotopic (exact) mass is 425 g/mol. The summed E-state index contributed by atoms with van der Waals surface area (Å²) in [7, 11) is 0. The molecule has 160 valence electrons. The molecule has 2 heterocycles. The van der Waals surface area contributed by atoms with Crippen LogP contribution in [-0.2, 0) is 4.79 Å². The summed E-state index contributed by atoms with van der Waals surface area (Å²) in [4.78, 5) is 15.8. The number of allylic oxidation sites excluding steroid dienone is 3. The number of carbonyl (C=O) groups is 1. The van der Waals surface area contributed by atoms with Gasteiger partial charge in [-0.1, -0.05) is 24.3 Å². The molecule has 4 rings (SSSR count). The summed E-state index contributed by atoms with van der Waals surface area (Å²) in [6.45, 7) is 5.87. The molecule has 1 aliphatic rings. The molecule has 0 saturated heterocycles. The van der Waals surface area contributed by atoms with Gasteiger partial charge in [0.15, 0.2) is 5.82 Å². The molecule has 2 N–H and O–H groups in total. The average molecular weight is 425 g/mol. The number of hydrogen-bond acceptors (Lipinski definition) is 6. The predicted molar refractivity (Wildman–Crippen MR) is 123 cm³/mol. The van der Waals surface area contributed by atoms with Crippen LogP contribution in [0.15, 0.2) is 48.2 Å². The minimum Gasteiger partial charge on any atom is -0.478 e. The predicted octanol–water partition coefficient (Wildman–Crippen LogP) is 4.87. The van der Waals surface area contributed by atoms with Gasteiger partial charge in [0, 0.05) is 22.5 Å². The number of nitrogens with zero attached hydrogens (tertiary/aromatic N) is 4.